The Hall–Kier alpha value is -1.17. The first-order chi connectivity index (χ1) is 9.51. The van der Waals surface area contributed by atoms with Crippen molar-refractivity contribution in [1.82, 2.24) is 4.31 Å². The van der Waals surface area contributed by atoms with E-state index in [-0.39, 0.29) is 6.04 Å². The van der Waals surface area contributed by atoms with E-state index in [2.05, 4.69) is 0 Å². The Morgan fingerprint density at radius 1 is 1.25 bits per heavy atom. The summed E-state index contributed by atoms with van der Waals surface area (Å²) in [6.45, 7) is 4.38. The van der Waals surface area contributed by atoms with Crippen molar-refractivity contribution < 1.29 is 8.42 Å². The minimum Gasteiger partial charge on any atom is -0.207 e. The Morgan fingerprint density at radius 2 is 2.00 bits per heavy atom. The van der Waals surface area contributed by atoms with Crippen LogP contribution in [0.1, 0.15) is 29.0 Å². The van der Waals surface area contributed by atoms with Gasteiger partial charge < -0.3 is 0 Å². The van der Waals surface area contributed by atoms with Gasteiger partial charge in [0.05, 0.1) is 4.90 Å². The Kier molecular flexibility index (Phi) is 3.44. The predicted octanol–water partition coefficient (Wildman–Crippen LogP) is 3.36. The van der Waals surface area contributed by atoms with Gasteiger partial charge in [0.15, 0.2) is 0 Å². The first-order valence-corrected chi connectivity index (χ1v) is 8.97. The lowest BCUT2D eigenvalue weighted by molar-refractivity contribution is 0.329. The molecule has 0 fully saturated rings. The van der Waals surface area contributed by atoms with Crippen molar-refractivity contribution in [1.29, 1.82) is 0 Å². The quantitative estimate of drug-likeness (QED) is 0.853. The van der Waals surface area contributed by atoms with Crippen molar-refractivity contribution in [2.24, 2.45) is 0 Å². The van der Waals surface area contributed by atoms with Crippen molar-refractivity contribution in [3.63, 3.8) is 0 Å². The van der Waals surface area contributed by atoms with Gasteiger partial charge >= 0.3 is 0 Å². The third-order valence-electron chi connectivity index (χ3n) is 3.90. The maximum absolute atomic E-state index is 12.9. The molecule has 0 bridgehead atoms. The topological polar surface area (TPSA) is 37.4 Å². The molecule has 1 aromatic carbocycles. The van der Waals surface area contributed by atoms with Crippen LogP contribution in [0.5, 0.6) is 0 Å². The lowest BCUT2D eigenvalue weighted by Gasteiger charge is -2.32. The van der Waals surface area contributed by atoms with Crippen molar-refractivity contribution in [3.8, 4) is 0 Å². The zero-order valence-electron chi connectivity index (χ0n) is 11.5. The highest BCUT2D eigenvalue weighted by Crippen LogP contribution is 2.36. The van der Waals surface area contributed by atoms with Gasteiger partial charge in [-0.1, -0.05) is 18.2 Å². The van der Waals surface area contributed by atoms with Crippen LogP contribution in [-0.2, 0) is 16.4 Å². The average Bonchev–Trinajstić information content (AvgIpc) is 2.88. The summed E-state index contributed by atoms with van der Waals surface area (Å²) in [6, 6.07) is 9.15. The molecule has 3 nitrogen and oxygen atoms in total. The molecule has 3 rings (SSSR count). The summed E-state index contributed by atoms with van der Waals surface area (Å²) in [5.74, 6) is 0. The van der Waals surface area contributed by atoms with E-state index < -0.39 is 10.0 Å². The van der Waals surface area contributed by atoms with Crippen molar-refractivity contribution in [2.75, 3.05) is 6.54 Å². The smallest absolute Gasteiger partial charge is 0.207 e. The van der Waals surface area contributed by atoms with Gasteiger partial charge in [-0.05, 0) is 48.9 Å². The number of rotatable bonds is 2. The van der Waals surface area contributed by atoms with Gasteiger partial charge in [-0.3, -0.25) is 0 Å². The molecule has 1 aliphatic rings. The zero-order chi connectivity index (χ0) is 14.3. The van der Waals surface area contributed by atoms with Gasteiger partial charge in [-0.25, -0.2) is 8.42 Å². The fraction of sp³-hybridized carbons (Fsp3) is 0.333. The summed E-state index contributed by atoms with van der Waals surface area (Å²) < 4.78 is 27.4. The van der Waals surface area contributed by atoms with Gasteiger partial charge in [-0.2, -0.15) is 4.31 Å². The van der Waals surface area contributed by atoms with Crippen molar-refractivity contribution in [3.05, 3.63) is 51.7 Å². The van der Waals surface area contributed by atoms with Crippen molar-refractivity contribution >= 4 is 21.4 Å². The summed E-state index contributed by atoms with van der Waals surface area (Å²) >= 11 is 1.72. The van der Waals surface area contributed by atoms with Gasteiger partial charge in [0.1, 0.15) is 0 Å². The summed E-state index contributed by atoms with van der Waals surface area (Å²) in [5.41, 5.74) is 1.95. The van der Waals surface area contributed by atoms with E-state index in [1.54, 1.807) is 27.8 Å². The Morgan fingerprint density at radius 3 is 2.75 bits per heavy atom. The first kappa shape index (κ1) is 13.8. The van der Waals surface area contributed by atoms with E-state index >= 15 is 0 Å². The summed E-state index contributed by atoms with van der Waals surface area (Å²) in [4.78, 5) is 1.74. The molecule has 0 aliphatic carbocycles. The SMILES string of the molecule is Cc1ccccc1S(=O)(=O)N1CCc2sccc2C1C. The Labute approximate surface area is 123 Å². The van der Waals surface area contributed by atoms with Gasteiger partial charge in [-0.15, -0.1) is 11.3 Å². The number of benzene rings is 1. The second kappa shape index (κ2) is 4.98. The molecule has 1 aliphatic heterocycles. The van der Waals surface area contributed by atoms with Crippen LogP contribution in [0.4, 0.5) is 0 Å². The molecule has 0 saturated carbocycles. The molecule has 2 aromatic rings. The molecule has 0 radical (unpaired) electrons. The van der Waals surface area contributed by atoms with Crippen LogP contribution >= 0.6 is 11.3 Å². The Bertz CT molecular complexity index is 734. The second-order valence-corrected chi connectivity index (χ2v) is 7.97. The minimum absolute atomic E-state index is 0.0883. The number of aryl methyl sites for hydroxylation is 1. The largest absolute Gasteiger partial charge is 0.243 e. The molecular formula is C15H17NO2S2. The first-order valence-electron chi connectivity index (χ1n) is 6.65. The Balaban J connectivity index is 2.04. The van der Waals surface area contributed by atoms with E-state index in [0.29, 0.717) is 11.4 Å². The van der Waals surface area contributed by atoms with Crippen LogP contribution in [0.25, 0.3) is 0 Å². The summed E-state index contributed by atoms with van der Waals surface area (Å²) in [7, 11) is -3.42. The van der Waals surface area contributed by atoms with E-state index in [1.807, 2.05) is 37.4 Å². The highest BCUT2D eigenvalue weighted by atomic mass is 32.2. The summed E-state index contributed by atoms with van der Waals surface area (Å²) in [5, 5.41) is 2.05. The van der Waals surface area contributed by atoms with Crippen LogP contribution in [0.3, 0.4) is 0 Å². The number of nitrogens with zero attached hydrogens (tertiary/aromatic N) is 1. The predicted molar refractivity (Wildman–Crippen MR) is 81.5 cm³/mol. The molecule has 0 saturated heterocycles. The summed E-state index contributed by atoms with van der Waals surface area (Å²) in [6.07, 6.45) is 0.808. The van der Waals surface area contributed by atoms with Gasteiger partial charge in [0, 0.05) is 17.5 Å². The lowest BCUT2D eigenvalue weighted by atomic mass is 10.0. The van der Waals surface area contributed by atoms with E-state index in [4.69, 9.17) is 0 Å². The molecular weight excluding hydrogens is 290 g/mol. The maximum atomic E-state index is 12.9. The molecule has 20 heavy (non-hydrogen) atoms. The molecule has 0 N–H and O–H groups in total. The maximum Gasteiger partial charge on any atom is 0.243 e. The number of sulfonamides is 1. The van der Waals surface area contributed by atoms with E-state index in [0.717, 1.165) is 17.5 Å². The fourth-order valence-corrected chi connectivity index (χ4v) is 5.59. The highest BCUT2D eigenvalue weighted by molar-refractivity contribution is 7.89. The molecule has 5 heteroatoms. The lowest BCUT2D eigenvalue weighted by Crippen LogP contribution is -2.38. The van der Waals surface area contributed by atoms with E-state index in [9.17, 15) is 8.42 Å². The molecule has 2 heterocycles. The standard InChI is InChI=1S/C15H17NO2S2/c1-11-5-3-4-6-15(11)20(17,18)16-9-7-14-13(12(16)2)8-10-19-14/h3-6,8,10,12H,7,9H2,1-2H3. The van der Waals surface area contributed by atoms with Gasteiger partial charge in [0.25, 0.3) is 0 Å². The minimum atomic E-state index is -3.42. The van der Waals surface area contributed by atoms with E-state index in [1.165, 1.54) is 4.88 Å². The zero-order valence-corrected chi connectivity index (χ0v) is 13.2. The third kappa shape index (κ3) is 2.10. The van der Waals surface area contributed by atoms with Crippen LogP contribution in [0, 0.1) is 6.92 Å². The molecule has 0 amide bonds. The number of hydrogen-bond donors (Lipinski definition) is 0. The van der Waals surface area contributed by atoms with Gasteiger partial charge in [0.2, 0.25) is 10.0 Å². The number of hydrogen-bond acceptors (Lipinski definition) is 3. The van der Waals surface area contributed by atoms with Crippen LogP contribution in [0.15, 0.2) is 40.6 Å². The second-order valence-electron chi connectivity index (χ2n) is 5.11. The van der Waals surface area contributed by atoms with Crippen LogP contribution in [-0.4, -0.2) is 19.3 Å². The molecule has 1 unspecified atom stereocenters. The average molecular weight is 307 g/mol. The third-order valence-corrected chi connectivity index (χ3v) is 7.03. The van der Waals surface area contributed by atoms with Crippen LogP contribution < -0.4 is 0 Å². The molecule has 0 spiro atoms. The normalized spacial score (nSPS) is 19.8. The van der Waals surface area contributed by atoms with Crippen LogP contribution in [0.2, 0.25) is 0 Å². The number of fused-ring (bicyclic) bond motifs is 1. The number of thiophene rings is 1. The molecule has 106 valence electrons. The monoisotopic (exact) mass is 307 g/mol. The van der Waals surface area contributed by atoms with Crippen molar-refractivity contribution in [2.45, 2.75) is 31.2 Å². The molecule has 1 aromatic heterocycles. The highest BCUT2D eigenvalue weighted by Gasteiger charge is 2.34. The fourth-order valence-electron chi connectivity index (χ4n) is 2.79. The molecule has 1 atom stereocenters.